The van der Waals surface area contributed by atoms with E-state index in [0.29, 0.717) is 6.42 Å². The van der Waals surface area contributed by atoms with Gasteiger partial charge in [0.15, 0.2) is 0 Å². The van der Waals surface area contributed by atoms with Crippen molar-refractivity contribution in [2.75, 3.05) is 0 Å². The first-order chi connectivity index (χ1) is 9.14. The van der Waals surface area contributed by atoms with Crippen LogP contribution in [0.5, 0.6) is 0 Å². The van der Waals surface area contributed by atoms with E-state index in [-0.39, 0.29) is 0 Å². The molecule has 19 heavy (non-hydrogen) atoms. The Balaban J connectivity index is 2.27. The summed E-state index contributed by atoms with van der Waals surface area (Å²) >= 11 is 0. The standard InChI is InChI=1S/C18H22O/c1-3-13-18(19,17-7-5-4-6-8-17)14-16-11-9-15(2)10-12-16/h4-12,19H,3,13-14H2,1-2H3. The fourth-order valence-corrected chi connectivity index (χ4v) is 2.54. The summed E-state index contributed by atoms with van der Waals surface area (Å²) in [7, 11) is 0. The third-order valence-electron chi connectivity index (χ3n) is 3.59. The predicted octanol–water partition coefficient (Wildman–Crippen LogP) is 4.23. The van der Waals surface area contributed by atoms with E-state index < -0.39 is 5.60 Å². The lowest BCUT2D eigenvalue weighted by Gasteiger charge is -2.28. The number of hydrogen-bond donors (Lipinski definition) is 1. The molecule has 0 radical (unpaired) electrons. The van der Waals surface area contributed by atoms with E-state index in [9.17, 15) is 5.11 Å². The van der Waals surface area contributed by atoms with Gasteiger partial charge in [0.2, 0.25) is 0 Å². The number of hydrogen-bond acceptors (Lipinski definition) is 1. The van der Waals surface area contributed by atoms with E-state index in [2.05, 4.69) is 38.1 Å². The van der Waals surface area contributed by atoms with Crippen molar-refractivity contribution in [3.8, 4) is 0 Å². The van der Waals surface area contributed by atoms with Gasteiger partial charge in [-0.2, -0.15) is 0 Å². The molecule has 2 rings (SSSR count). The topological polar surface area (TPSA) is 20.2 Å². The Labute approximate surface area is 115 Å². The van der Waals surface area contributed by atoms with E-state index in [1.807, 2.05) is 30.3 Å². The first-order valence-electron chi connectivity index (χ1n) is 6.97. The summed E-state index contributed by atoms with van der Waals surface area (Å²) in [5.41, 5.74) is 2.69. The highest BCUT2D eigenvalue weighted by Crippen LogP contribution is 2.30. The average Bonchev–Trinajstić information content (AvgIpc) is 2.43. The molecule has 100 valence electrons. The molecule has 1 atom stereocenters. The lowest BCUT2D eigenvalue weighted by molar-refractivity contribution is 0.0269. The molecule has 2 aromatic carbocycles. The Morgan fingerprint density at radius 2 is 1.58 bits per heavy atom. The monoisotopic (exact) mass is 254 g/mol. The maximum atomic E-state index is 11.0. The van der Waals surface area contributed by atoms with Crippen LogP contribution >= 0.6 is 0 Å². The van der Waals surface area contributed by atoms with Crippen LogP contribution in [0.1, 0.15) is 36.5 Å². The summed E-state index contributed by atoms with van der Waals surface area (Å²) in [5.74, 6) is 0. The number of aliphatic hydroxyl groups is 1. The minimum atomic E-state index is -0.759. The Bertz CT molecular complexity index is 501. The van der Waals surface area contributed by atoms with Crippen LogP contribution in [0, 0.1) is 6.92 Å². The molecule has 0 saturated carbocycles. The highest BCUT2D eigenvalue weighted by Gasteiger charge is 2.28. The van der Waals surface area contributed by atoms with Gasteiger partial charge in [-0.05, 0) is 24.5 Å². The second kappa shape index (κ2) is 6.03. The maximum Gasteiger partial charge on any atom is 0.0936 e. The Kier molecular flexibility index (Phi) is 4.39. The molecule has 1 N–H and O–H groups in total. The molecule has 0 fully saturated rings. The van der Waals surface area contributed by atoms with Crippen LogP contribution in [0.25, 0.3) is 0 Å². The second-order valence-electron chi connectivity index (χ2n) is 5.31. The largest absolute Gasteiger partial charge is 0.385 e. The van der Waals surface area contributed by atoms with Crippen LogP contribution in [0.2, 0.25) is 0 Å². The fourth-order valence-electron chi connectivity index (χ4n) is 2.54. The zero-order chi connectivity index (χ0) is 13.7. The van der Waals surface area contributed by atoms with Crippen LogP contribution in [-0.4, -0.2) is 5.11 Å². The Morgan fingerprint density at radius 1 is 0.947 bits per heavy atom. The summed E-state index contributed by atoms with van der Waals surface area (Å²) in [6.45, 7) is 4.20. The summed E-state index contributed by atoms with van der Waals surface area (Å²) in [5, 5.41) is 11.0. The molecule has 1 heteroatoms. The Hall–Kier alpha value is -1.60. The van der Waals surface area contributed by atoms with Crippen LogP contribution in [0.15, 0.2) is 54.6 Å². The van der Waals surface area contributed by atoms with Gasteiger partial charge in [-0.15, -0.1) is 0 Å². The summed E-state index contributed by atoms with van der Waals surface area (Å²) in [6.07, 6.45) is 2.42. The molecular formula is C18H22O. The van der Waals surface area contributed by atoms with Crippen molar-refractivity contribution >= 4 is 0 Å². The quantitative estimate of drug-likeness (QED) is 0.846. The first-order valence-corrected chi connectivity index (χ1v) is 6.97. The highest BCUT2D eigenvalue weighted by atomic mass is 16.3. The van der Waals surface area contributed by atoms with Gasteiger partial charge >= 0.3 is 0 Å². The van der Waals surface area contributed by atoms with Crippen molar-refractivity contribution in [3.05, 3.63) is 71.3 Å². The normalized spacial score (nSPS) is 14.1. The molecule has 0 bridgehead atoms. The van der Waals surface area contributed by atoms with Crippen molar-refractivity contribution in [3.63, 3.8) is 0 Å². The van der Waals surface area contributed by atoms with Crippen molar-refractivity contribution in [2.24, 2.45) is 0 Å². The predicted molar refractivity (Wildman–Crippen MR) is 80.1 cm³/mol. The van der Waals surface area contributed by atoms with E-state index >= 15 is 0 Å². The molecule has 0 aliphatic heterocycles. The summed E-state index contributed by atoms with van der Waals surface area (Å²) < 4.78 is 0. The maximum absolute atomic E-state index is 11.0. The van der Waals surface area contributed by atoms with Crippen LogP contribution in [-0.2, 0) is 12.0 Å². The lowest BCUT2D eigenvalue weighted by Crippen LogP contribution is -2.28. The zero-order valence-electron chi connectivity index (χ0n) is 11.8. The smallest absolute Gasteiger partial charge is 0.0936 e. The molecule has 0 aliphatic carbocycles. The van der Waals surface area contributed by atoms with Crippen LogP contribution in [0.3, 0.4) is 0 Å². The molecule has 0 aromatic heterocycles. The van der Waals surface area contributed by atoms with E-state index in [0.717, 1.165) is 18.4 Å². The molecule has 0 saturated heterocycles. The summed E-state index contributed by atoms with van der Waals surface area (Å²) in [6, 6.07) is 18.4. The van der Waals surface area contributed by atoms with Gasteiger partial charge in [-0.1, -0.05) is 73.5 Å². The molecule has 1 unspecified atom stereocenters. The van der Waals surface area contributed by atoms with Gasteiger partial charge < -0.3 is 5.11 Å². The SMILES string of the molecule is CCCC(O)(Cc1ccc(C)cc1)c1ccccc1. The molecular weight excluding hydrogens is 232 g/mol. The lowest BCUT2D eigenvalue weighted by atomic mass is 9.83. The van der Waals surface area contributed by atoms with Gasteiger partial charge in [-0.3, -0.25) is 0 Å². The molecule has 0 aliphatic rings. The number of rotatable bonds is 5. The van der Waals surface area contributed by atoms with E-state index in [1.165, 1.54) is 11.1 Å². The third-order valence-corrected chi connectivity index (χ3v) is 3.59. The van der Waals surface area contributed by atoms with Crippen molar-refractivity contribution in [1.29, 1.82) is 0 Å². The van der Waals surface area contributed by atoms with Gasteiger partial charge in [-0.25, -0.2) is 0 Å². The van der Waals surface area contributed by atoms with Gasteiger partial charge in [0, 0.05) is 6.42 Å². The minimum absolute atomic E-state index is 0.672. The summed E-state index contributed by atoms with van der Waals surface area (Å²) in [4.78, 5) is 0. The number of aryl methyl sites for hydroxylation is 1. The number of benzene rings is 2. The van der Waals surface area contributed by atoms with Crippen LogP contribution < -0.4 is 0 Å². The van der Waals surface area contributed by atoms with Gasteiger partial charge in [0.1, 0.15) is 0 Å². The third kappa shape index (κ3) is 3.45. The molecule has 0 spiro atoms. The molecule has 1 nitrogen and oxygen atoms in total. The van der Waals surface area contributed by atoms with E-state index in [4.69, 9.17) is 0 Å². The van der Waals surface area contributed by atoms with Crippen molar-refractivity contribution < 1.29 is 5.11 Å². The molecule has 0 heterocycles. The van der Waals surface area contributed by atoms with Crippen molar-refractivity contribution in [2.45, 2.75) is 38.7 Å². The fraction of sp³-hybridized carbons (Fsp3) is 0.333. The van der Waals surface area contributed by atoms with Crippen molar-refractivity contribution in [1.82, 2.24) is 0 Å². The zero-order valence-corrected chi connectivity index (χ0v) is 11.8. The van der Waals surface area contributed by atoms with Gasteiger partial charge in [0.05, 0.1) is 5.60 Å². The van der Waals surface area contributed by atoms with Crippen LogP contribution in [0.4, 0.5) is 0 Å². The molecule has 0 amide bonds. The molecule has 2 aromatic rings. The van der Waals surface area contributed by atoms with Gasteiger partial charge in [0.25, 0.3) is 0 Å². The second-order valence-corrected chi connectivity index (χ2v) is 5.31. The van der Waals surface area contributed by atoms with E-state index in [1.54, 1.807) is 0 Å². The average molecular weight is 254 g/mol. The first kappa shape index (κ1) is 13.8. The Morgan fingerprint density at radius 3 is 2.16 bits per heavy atom. The highest BCUT2D eigenvalue weighted by molar-refractivity contribution is 5.28. The minimum Gasteiger partial charge on any atom is -0.385 e.